The first kappa shape index (κ1) is 15.5. The van der Waals surface area contributed by atoms with Gasteiger partial charge in [0.2, 0.25) is 5.91 Å². The van der Waals surface area contributed by atoms with E-state index in [-0.39, 0.29) is 17.2 Å². The molecule has 0 unspecified atom stereocenters. The van der Waals surface area contributed by atoms with Crippen LogP contribution in [0.2, 0.25) is 0 Å². The van der Waals surface area contributed by atoms with Gasteiger partial charge in [0.25, 0.3) is 5.91 Å². The van der Waals surface area contributed by atoms with E-state index in [1.165, 1.54) is 0 Å². The molecule has 2 amide bonds. The van der Waals surface area contributed by atoms with Gasteiger partial charge in [0.1, 0.15) is 11.7 Å². The quantitative estimate of drug-likeness (QED) is 0.857. The maximum absolute atomic E-state index is 12.4. The largest absolute Gasteiger partial charge is 0.354 e. The van der Waals surface area contributed by atoms with Crippen molar-refractivity contribution in [3.8, 4) is 0 Å². The summed E-state index contributed by atoms with van der Waals surface area (Å²) in [6, 6.07) is 1.34. The van der Waals surface area contributed by atoms with E-state index in [9.17, 15) is 9.59 Å². The Kier molecular flexibility index (Phi) is 4.34. The van der Waals surface area contributed by atoms with E-state index in [4.69, 9.17) is 0 Å². The van der Waals surface area contributed by atoms with E-state index in [2.05, 4.69) is 36.5 Å². The van der Waals surface area contributed by atoms with Gasteiger partial charge in [-0.2, -0.15) is 5.10 Å². The third-order valence-corrected chi connectivity index (χ3v) is 3.72. The maximum Gasteiger partial charge on any atom is 0.270 e. The zero-order chi connectivity index (χ0) is 15.6. The Hall–Kier alpha value is -1.85. The van der Waals surface area contributed by atoms with Gasteiger partial charge < -0.3 is 10.6 Å². The highest BCUT2D eigenvalue weighted by atomic mass is 16.2. The van der Waals surface area contributed by atoms with E-state index in [0.29, 0.717) is 18.7 Å². The van der Waals surface area contributed by atoms with Crippen LogP contribution in [0, 0.1) is 0 Å². The summed E-state index contributed by atoms with van der Waals surface area (Å²) in [5.41, 5.74) is 1.23. The van der Waals surface area contributed by atoms with Crippen molar-refractivity contribution < 1.29 is 9.59 Å². The Morgan fingerprint density at radius 2 is 2.14 bits per heavy atom. The molecule has 0 bridgehead atoms. The van der Waals surface area contributed by atoms with Crippen molar-refractivity contribution in [2.45, 2.75) is 51.5 Å². The van der Waals surface area contributed by atoms with Crippen LogP contribution in [0.25, 0.3) is 0 Å². The van der Waals surface area contributed by atoms with Gasteiger partial charge in [0.05, 0.1) is 5.69 Å². The molecule has 2 rings (SSSR count). The molecule has 1 saturated heterocycles. The summed E-state index contributed by atoms with van der Waals surface area (Å²) in [5.74, 6) is -0.346. The first-order chi connectivity index (χ1) is 9.79. The van der Waals surface area contributed by atoms with Crippen molar-refractivity contribution >= 4 is 11.8 Å². The molecule has 1 aromatic heterocycles. The number of carbonyl (C=O) groups is 2. The van der Waals surface area contributed by atoms with Gasteiger partial charge >= 0.3 is 0 Å². The van der Waals surface area contributed by atoms with Crippen LogP contribution in [0.5, 0.6) is 0 Å². The average molecular weight is 292 g/mol. The van der Waals surface area contributed by atoms with E-state index in [0.717, 1.165) is 18.5 Å². The molecule has 1 atom stereocenters. The number of hydrogen-bond donors (Lipinski definition) is 2. The molecule has 1 fully saturated rings. The van der Waals surface area contributed by atoms with Crippen molar-refractivity contribution in [3.63, 3.8) is 0 Å². The summed E-state index contributed by atoms with van der Waals surface area (Å²) in [5, 5.41) is 10.0. The minimum atomic E-state index is -0.451. The number of amides is 2. The highest BCUT2D eigenvalue weighted by Crippen LogP contribution is 2.21. The molecular weight excluding hydrogens is 268 g/mol. The number of aryl methyl sites for hydroxylation is 1. The topological polar surface area (TPSA) is 76.0 Å². The third-order valence-electron chi connectivity index (χ3n) is 3.72. The molecule has 0 aromatic carbocycles. The number of hydrogen-bond acceptors (Lipinski definition) is 3. The molecular formula is C15H24N4O2. The second kappa shape index (κ2) is 5.87. The van der Waals surface area contributed by atoms with Crippen LogP contribution in [0.15, 0.2) is 6.07 Å². The highest BCUT2D eigenvalue weighted by Gasteiger charge is 2.26. The summed E-state index contributed by atoms with van der Waals surface area (Å²) in [6.07, 6.45) is 2.57. The number of carbonyl (C=O) groups excluding carboxylic acids is 2. The summed E-state index contributed by atoms with van der Waals surface area (Å²) in [7, 11) is 1.75. The van der Waals surface area contributed by atoms with Gasteiger partial charge in [-0.3, -0.25) is 14.3 Å². The minimum absolute atomic E-state index is 0.0981. The molecule has 2 N–H and O–H groups in total. The second-order valence-corrected chi connectivity index (χ2v) is 6.60. The van der Waals surface area contributed by atoms with E-state index in [1.54, 1.807) is 17.8 Å². The van der Waals surface area contributed by atoms with Crippen molar-refractivity contribution in [1.82, 2.24) is 20.4 Å². The summed E-state index contributed by atoms with van der Waals surface area (Å²) < 4.78 is 1.57. The number of aromatic nitrogens is 2. The number of rotatable bonds is 2. The normalized spacial score (nSPS) is 19.8. The van der Waals surface area contributed by atoms with Crippen LogP contribution in [0.4, 0.5) is 0 Å². The molecule has 21 heavy (non-hydrogen) atoms. The zero-order valence-electron chi connectivity index (χ0n) is 13.2. The number of nitrogens with zero attached hydrogens (tertiary/aromatic N) is 2. The Balaban J connectivity index is 2.13. The molecule has 116 valence electrons. The van der Waals surface area contributed by atoms with Crippen molar-refractivity contribution in [2.24, 2.45) is 7.05 Å². The Morgan fingerprint density at radius 1 is 1.43 bits per heavy atom. The van der Waals surface area contributed by atoms with Gasteiger partial charge in [0, 0.05) is 19.0 Å². The Bertz CT molecular complexity index is 542. The molecule has 1 aromatic rings. The molecule has 6 nitrogen and oxygen atoms in total. The molecule has 0 radical (unpaired) electrons. The van der Waals surface area contributed by atoms with Gasteiger partial charge in [-0.25, -0.2) is 0 Å². The Labute approximate surface area is 125 Å². The monoisotopic (exact) mass is 292 g/mol. The molecule has 0 saturated carbocycles. The van der Waals surface area contributed by atoms with E-state index in [1.807, 2.05) is 0 Å². The summed E-state index contributed by atoms with van der Waals surface area (Å²) in [6.45, 7) is 6.84. The molecule has 2 heterocycles. The first-order valence-electron chi connectivity index (χ1n) is 7.42. The third kappa shape index (κ3) is 3.62. The van der Waals surface area contributed by atoms with Crippen LogP contribution < -0.4 is 10.6 Å². The first-order valence-corrected chi connectivity index (χ1v) is 7.42. The van der Waals surface area contributed by atoms with Crippen LogP contribution >= 0.6 is 0 Å². The summed E-state index contributed by atoms with van der Waals surface area (Å²) >= 11 is 0. The lowest BCUT2D eigenvalue weighted by Gasteiger charge is -2.15. The lowest BCUT2D eigenvalue weighted by molar-refractivity contribution is -0.122. The van der Waals surface area contributed by atoms with Crippen LogP contribution in [0.1, 0.15) is 56.2 Å². The fourth-order valence-electron chi connectivity index (χ4n) is 2.36. The molecule has 1 aliphatic rings. The van der Waals surface area contributed by atoms with Gasteiger partial charge in [-0.15, -0.1) is 0 Å². The predicted molar refractivity (Wildman–Crippen MR) is 80.0 cm³/mol. The fraction of sp³-hybridized carbons (Fsp3) is 0.667. The SMILES string of the molecule is Cn1nc(C(C)(C)C)cc1C(=O)N[C@@H]1CCCCNC1=O. The average Bonchev–Trinajstić information content (AvgIpc) is 2.68. The molecule has 6 heteroatoms. The zero-order valence-corrected chi connectivity index (χ0v) is 13.2. The van der Waals surface area contributed by atoms with Gasteiger partial charge in [-0.05, 0) is 25.3 Å². The lowest BCUT2D eigenvalue weighted by atomic mass is 9.92. The van der Waals surface area contributed by atoms with Crippen LogP contribution in [-0.4, -0.2) is 34.2 Å². The van der Waals surface area contributed by atoms with Gasteiger partial charge in [-0.1, -0.05) is 20.8 Å². The standard InChI is InChI=1S/C15H24N4O2/c1-15(2,3)12-9-11(19(4)18-12)14(21)17-10-7-5-6-8-16-13(10)20/h9-10H,5-8H2,1-4H3,(H,16,20)(H,17,21)/t10-/m1/s1. The van der Waals surface area contributed by atoms with Crippen molar-refractivity contribution in [3.05, 3.63) is 17.5 Å². The fourth-order valence-corrected chi connectivity index (χ4v) is 2.36. The Morgan fingerprint density at radius 3 is 2.76 bits per heavy atom. The number of nitrogens with one attached hydrogen (secondary N) is 2. The lowest BCUT2D eigenvalue weighted by Crippen LogP contribution is -2.45. The second-order valence-electron chi connectivity index (χ2n) is 6.60. The minimum Gasteiger partial charge on any atom is -0.354 e. The van der Waals surface area contributed by atoms with E-state index >= 15 is 0 Å². The van der Waals surface area contributed by atoms with Crippen molar-refractivity contribution in [2.75, 3.05) is 6.54 Å². The maximum atomic E-state index is 12.4. The van der Waals surface area contributed by atoms with Gasteiger partial charge in [0.15, 0.2) is 0 Å². The predicted octanol–water partition coefficient (Wildman–Crippen LogP) is 1.12. The summed E-state index contributed by atoms with van der Waals surface area (Å²) in [4.78, 5) is 24.3. The smallest absolute Gasteiger partial charge is 0.270 e. The molecule has 1 aliphatic heterocycles. The highest BCUT2D eigenvalue weighted by molar-refractivity contribution is 5.96. The van der Waals surface area contributed by atoms with Crippen LogP contribution in [0.3, 0.4) is 0 Å². The van der Waals surface area contributed by atoms with Crippen molar-refractivity contribution in [1.29, 1.82) is 0 Å². The molecule has 0 aliphatic carbocycles. The molecule has 0 spiro atoms. The van der Waals surface area contributed by atoms with E-state index < -0.39 is 6.04 Å². The van der Waals surface area contributed by atoms with Crippen LogP contribution in [-0.2, 0) is 17.3 Å².